The molecule has 0 aromatic heterocycles. The zero-order valence-corrected chi connectivity index (χ0v) is 63.4. The Balaban J connectivity index is 1.91. The molecule has 4 rings (SSSR count). The maximum Gasteiger partial charge on any atom is 0.203 e. The topological polar surface area (TPSA) is 134 Å². The molecule has 0 saturated heterocycles. The summed E-state index contributed by atoms with van der Waals surface area (Å²) in [5.74, 6) is 3.97. The Labute approximate surface area is 600 Å². The maximum absolute atomic E-state index is 14.9. The molecule has 0 heterocycles. The fraction of sp³-hybridized carbons (Fsp3) is 0.621. The summed E-state index contributed by atoms with van der Waals surface area (Å²) in [5.41, 5.74) is 2.57. The van der Waals surface area contributed by atoms with E-state index in [1.54, 1.807) is 36.4 Å². The first-order chi connectivity index (χ1) is 48.6. The third-order valence-corrected chi connectivity index (χ3v) is 17.5. The van der Waals surface area contributed by atoms with Gasteiger partial charge in [0.05, 0.1) is 59.5 Å². The summed E-state index contributed by atoms with van der Waals surface area (Å²) < 4.78 is 58.8. The minimum atomic E-state index is -0.398. The molecule has 0 aliphatic carbocycles. The van der Waals surface area contributed by atoms with Crippen molar-refractivity contribution in [1.29, 1.82) is 0 Å². The smallest absolute Gasteiger partial charge is 0.203 e. The van der Waals surface area contributed by atoms with Gasteiger partial charge in [0.25, 0.3) is 0 Å². The number of ketones is 3. The van der Waals surface area contributed by atoms with Gasteiger partial charge >= 0.3 is 0 Å². The molecule has 99 heavy (non-hydrogen) atoms. The van der Waals surface area contributed by atoms with Gasteiger partial charge in [-0.3, -0.25) is 14.4 Å². The normalized spacial score (nSPS) is 11.5. The standard InChI is InChI=1S/C87H132O12/c1-10-19-28-37-52-91-79-61-70(62-80(92-53-38-29-20-11-2)85(79)97-58-43-34-25-16-7)46-49-76(88)73-67-74(77(89)50-47-71-63-81(93-54-39-30-21-12-3)86(98-59-44-35-26-17-8)82(64-71)94-55-40-31-22-13-4)69-75(68-73)78(90)51-48-72-65-83(95-56-41-32-23-14-5)87(99-60-45-36-27-18-9)84(66-72)96-57-42-33-24-15-6/h46-51,61-69H,10-45,52-60H2,1-9H3/b49-46+,50-47+,51-48+. The first kappa shape index (κ1) is 84.7. The second-order valence-corrected chi connectivity index (χ2v) is 26.6. The summed E-state index contributed by atoms with van der Waals surface area (Å²) in [6, 6.07) is 16.2. The number of carbonyl (C=O) groups is 3. The van der Waals surface area contributed by atoms with Crippen molar-refractivity contribution < 1.29 is 57.0 Å². The molecular formula is C87H132O12. The van der Waals surface area contributed by atoms with Crippen LogP contribution in [0, 0.1) is 0 Å². The van der Waals surface area contributed by atoms with Crippen LogP contribution < -0.4 is 42.6 Å². The molecule has 4 aromatic carbocycles. The molecule has 12 nitrogen and oxygen atoms in total. The molecular weight excluding hydrogens is 1240 g/mol. The van der Waals surface area contributed by atoms with E-state index in [9.17, 15) is 14.4 Å². The monoisotopic (exact) mass is 1370 g/mol. The number of hydrogen-bond donors (Lipinski definition) is 0. The number of rotatable bonds is 63. The van der Waals surface area contributed by atoms with Gasteiger partial charge in [0.2, 0.25) is 17.2 Å². The molecule has 0 saturated carbocycles. The van der Waals surface area contributed by atoms with Gasteiger partial charge in [-0.15, -0.1) is 0 Å². The van der Waals surface area contributed by atoms with Crippen molar-refractivity contribution in [2.45, 2.75) is 293 Å². The van der Waals surface area contributed by atoms with E-state index in [4.69, 9.17) is 42.6 Å². The molecule has 0 aliphatic rings. The van der Waals surface area contributed by atoms with Crippen LogP contribution in [0.5, 0.6) is 51.7 Å². The largest absolute Gasteiger partial charge is 0.490 e. The van der Waals surface area contributed by atoms with Gasteiger partial charge in [0, 0.05) is 16.7 Å². The van der Waals surface area contributed by atoms with Crippen LogP contribution in [0.15, 0.2) is 72.8 Å². The van der Waals surface area contributed by atoms with Gasteiger partial charge in [-0.1, -0.05) is 254 Å². The summed E-state index contributed by atoms with van der Waals surface area (Å²) in [6.07, 6.45) is 47.5. The van der Waals surface area contributed by atoms with E-state index in [-0.39, 0.29) is 16.7 Å². The first-order valence-corrected chi connectivity index (χ1v) is 39.6. The Morgan fingerprint density at radius 3 is 0.545 bits per heavy atom. The second-order valence-electron chi connectivity index (χ2n) is 26.6. The fourth-order valence-corrected chi connectivity index (χ4v) is 11.4. The molecule has 0 amide bonds. The minimum Gasteiger partial charge on any atom is -0.490 e. The van der Waals surface area contributed by atoms with Crippen LogP contribution in [-0.2, 0) is 0 Å². The van der Waals surface area contributed by atoms with E-state index in [0.717, 1.165) is 231 Å². The van der Waals surface area contributed by atoms with Crippen molar-refractivity contribution in [3.05, 3.63) is 106 Å². The van der Waals surface area contributed by atoms with Crippen LogP contribution in [0.4, 0.5) is 0 Å². The Hall–Kier alpha value is -6.69. The maximum atomic E-state index is 14.9. The highest BCUT2D eigenvalue weighted by atomic mass is 16.6. The molecule has 0 bridgehead atoms. The molecule has 0 spiro atoms. The number of allylic oxidation sites excluding steroid dienone is 3. The molecule has 12 heteroatoms. The Kier molecular flexibility index (Phi) is 47.1. The zero-order valence-electron chi connectivity index (χ0n) is 63.4. The molecule has 0 fully saturated rings. The third kappa shape index (κ3) is 35.5. The molecule has 552 valence electrons. The molecule has 4 aromatic rings. The predicted octanol–water partition coefficient (Wildman–Crippen LogP) is 25.0. The number of unbranched alkanes of at least 4 members (excludes halogenated alkanes) is 27. The van der Waals surface area contributed by atoms with Crippen molar-refractivity contribution in [3.8, 4) is 51.7 Å². The SMILES string of the molecule is CCCCCCOc1cc(/C=C/C(=O)c2cc(C(=O)/C=C/c3cc(OCCCCCC)c(OCCCCCC)c(OCCCCCC)c3)cc(C(=O)/C=C/c3cc(OCCCCCC)c(OCCCCCC)c(OCCCCCC)c3)c2)cc(OCCCCCC)c1OCCCCCC. The van der Waals surface area contributed by atoms with Crippen LogP contribution in [0.25, 0.3) is 18.2 Å². The highest BCUT2D eigenvalue weighted by Gasteiger charge is 2.21. The van der Waals surface area contributed by atoms with Crippen molar-refractivity contribution in [1.82, 2.24) is 0 Å². The van der Waals surface area contributed by atoms with E-state index in [2.05, 4.69) is 62.3 Å². The van der Waals surface area contributed by atoms with Gasteiger partial charge in [0.1, 0.15) is 0 Å². The quantitative estimate of drug-likeness (QED) is 0.0237. The Morgan fingerprint density at radius 1 is 0.222 bits per heavy atom. The lowest BCUT2D eigenvalue weighted by Crippen LogP contribution is -2.07. The molecule has 0 unspecified atom stereocenters. The predicted molar refractivity (Wildman–Crippen MR) is 413 cm³/mol. The van der Waals surface area contributed by atoms with Gasteiger partial charge in [-0.25, -0.2) is 0 Å². The van der Waals surface area contributed by atoms with E-state index in [1.807, 2.05) is 36.4 Å². The van der Waals surface area contributed by atoms with E-state index in [0.29, 0.717) is 128 Å². The summed E-state index contributed by atoms with van der Waals surface area (Å²) in [4.78, 5) is 44.6. The Morgan fingerprint density at radius 2 is 0.384 bits per heavy atom. The Bertz CT molecular complexity index is 2490. The van der Waals surface area contributed by atoms with Crippen molar-refractivity contribution >= 4 is 35.6 Å². The van der Waals surface area contributed by atoms with Gasteiger partial charge in [0.15, 0.2) is 51.8 Å². The molecule has 0 atom stereocenters. The zero-order chi connectivity index (χ0) is 71.2. The number of carbonyl (C=O) groups excluding carboxylic acids is 3. The summed E-state index contributed by atoms with van der Waals surface area (Å²) >= 11 is 0. The molecule has 0 radical (unpaired) electrons. The lowest BCUT2D eigenvalue weighted by atomic mass is 9.97. The lowest BCUT2D eigenvalue weighted by Gasteiger charge is -2.18. The molecule has 0 N–H and O–H groups in total. The van der Waals surface area contributed by atoms with Crippen molar-refractivity contribution in [2.75, 3.05) is 59.5 Å². The third-order valence-electron chi connectivity index (χ3n) is 17.5. The number of hydrogen-bond acceptors (Lipinski definition) is 12. The average molecular weight is 1370 g/mol. The highest BCUT2D eigenvalue weighted by molar-refractivity contribution is 6.15. The first-order valence-electron chi connectivity index (χ1n) is 39.6. The summed E-state index contributed by atoms with van der Waals surface area (Å²) in [6.45, 7) is 24.4. The van der Waals surface area contributed by atoms with Crippen molar-refractivity contribution in [2.24, 2.45) is 0 Å². The fourth-order valence-electron chi connectivity index (χ4n) is 11.4. The van der Waals surface area contributed by atoms with Crippen LogP contribution in [-0.4, -0.2) is 76.8 Å². The van der Waals surface area contributed by atoms with Crippen LogP contribution in [0.3, 0.4) is 0 Å². The molecule has 0 aliphatic heterocycles. The number of ether oxygens (including phenoxy) is 9. The number of benzene rings is 4. The van der Waals surface area contributed by atoms with E-state index < -0.39 is 17.3 Å². The summed E-state index contributed by atoms with van der Waals surface area (Å²) in [7, 11) is 0. The highest BCUT2D eigenvalue weighted by Crippen LogP contribution is 2.43. The van der Waals surface area contributed by atoms with Gasteiger partial charge < -0.3 is 42.6 Å². The van der Waals surface area contributed by atoms with Gasteiger partial charge in [-0.05, 0) is 147 Å². The van der Waals surface area contributed by atoms with Crippen molar-refractivity contribution in [3.63, 3.8) is 0 Å². The van der Waals surface area contributed by atoms with Crippen LogP contribution in [0.2, 0.25) is 0 Å². The van der Waals surface area contributed by atoms with Crippen LogP contribution >= 0.6 is 0 Å². The lowest BCUT2D eigenvalue weighted by molar-refractivity contribution is 0.104. The second kappa shape index (κ2) is 55.0. The summed E-state index contributed by atoms with van der Waals surface area (Å²) in [5, 5.41) is 0. The van der Waals surface area contributed by atoms with E-state index >= 15 is 0 Å². The minimum absolute atomic E-state index is 0.171. The van der Waals surface area contributed by atoms with Crippen LogP contribution in [0.1, 0.15) is 341 Å². The van der Waals surface area contributed by atoms with E-state index in [1.165, 1.54) is 18.2 Å². The van der Waals surface area contributed by atoms with Gasteiger partial charge in [-0.2, -0.15) is 0 Å². The average Bonchev–Trinajstić information content (AvgIpc) is 0.847.